The molecule has 2 aromatic carbocycles. The summed E-state index contributed by atoms with van der Waals surface area (Å²) >= 11 is 0. The van der Waals surface area contributed by atoms with Crippen molar-refractivity contribution in [2.24, 2.45) is 5.14 Å². The van der Waals surface area contributed by atoms with Gasteiger partial charge in [0.15, 0.2) is 0 Å². The van der Waals surface area contributed by atoms with Gasteiger partial charge in [-0.05, 0) is 48.4 Å². The van der Waals surface area contributed by atoms with Crippen LogP contribution in [0, 0.1) is 0 Å². The van der Waals surface area contributed by atoms with Gasteiger partial charge < -0.3 is 10.1 Å². The van der Waals surface area contributed by atoms with Gasteiger partial charge in [0.25, 0.3) is 0 Å². The van der Waals surface area contributed by atoms with Gasteiger partial charge in [-0.25, -0.2) is 13.6 Å². The van der Waals surface area contributed by atoms with Crippen LogP contribution in [0.3, 0.4) is 0 Å². The molecule has 2 aromatic rings. The average molecular weight is 357 g/mol. The van der Waals surface area contributed by atoms with Crippen molar-refractivity contribution in [3.05, 3.63) is 59.7 Å². The van der Waals surface area contributed by atoms with E-state index in [1.165, 1.54) is 17.7 Å². The van der Waals surface area contributed by atoms with Gasteiger partial charge in [-0.3, -0.25) is 0 Å². The van der Waals surface area contributed by atoms with Gasteiger partial charge >= 0.3 is 0 Å². The molecule has 5 nitrogen and oxygen atoms in total. The smallest absolute Gasteiger partial charge is 0.238 e. The molecule has 23 heavy (non-hydrogen) atoms. The lowest BCUT2D eigenvalue weighted by atomic mass is 10.1. The molecule has 0 spiro atoms. The van der Waals surface area contributed by atoms with Crippen molar-refractivity contribution in [3.8, 4) is 5.75 Å². The predicted octanol–water partition coefficient (Wildman–Crippen LogP) is 2.10. The van der Waals surface area contributed by atoms with E-state index in [2.05, 4.69) is 5.32 Å². The zero-order valence-electron chi connectivity index (χ0n) is 12.9. The summed E-state index contributed by atoms with van der Waals surface area (Å²) in [6.07, 6.45) is 0.820. The van der Waals surface area contributed by atoms with Gasteiger partial charge in [0.1, 0.15) is 5.75 Å². The molecule has 0 atom stereocenters. The fourth-order valence-corrected chi connectivity index (χ4v) is 2.57. The molecule has 0 amide bonds. The standard InChI is InChI=1S/C16H20N2O3S.ClH/c1-21-15-6-2-14(3-7-15)12-18-11-10-13-4-8-16(9-5-13)22(17,19)20;/h2-9,18H,10-12H2,1H3,(H2,17,19,20);1H. The first-order valence-corrected chi connectivity index (χ1v) is 8.49. The van der Waals surface area contributed by atoms with E-state index in [1.54, 1.807) is 19.2 Å². The van der Waals surface area contributed by atoms with E-state index in [4.69, 9.17) is 9.88 Å². The van der Waals surface area contributed by atoms with Crippen LogP contribution in [0.5, 0.6) is 5.75 Å². The Morgan fingerprint density at radius 1 is 1.00 bits per heavy atom. The second-order valence-corrected chi connectivity index (χ2v) is 6.53. The summed E-state index contributed by atoms with van der Waals surface area (Å²) < 4.78 is 27.4. The van der Waals surface area contributed by atoms with Gasteiger partial charge in [-0.15, -0.1) is 12.4 Å². The SMILES string of the molecule is COc1ccc(CNCCc2ccc(S(N)(=O)=O)cc2)cc1.Cl. The number of ether oxygens (including phenoxy) is 1. The summed E-state index contributed by atoms with van der Waals surface area (Å²) in [7, 11) is -1.97. The van der Waals surface area contributed by atoms with Crippen LogP contribution in [0.4, 0.5) is 0 Å². The molecule has 0 aromatic heterocycles. The van der Waals surface area contributed by atoms with Crippen molar-refractivity contribution < 1.29 is 13.2 Å². The number of nitrogens with one attached hydrogen (secondary N) is 1. The van der Waals surface area contributed by atoms with Gasteiger partial charge in [0.2, 0.25) is 10.0 Å². The molecule has 3 N–H and O–H groups in total. The first-order chi connectivity index (χ1) is 10.5. The number of hydrogen-bond donors (Lipinski definition) is 2. The minimum absolute atomic E-state index is 0. The molecule has 7 heteroatoms. The molecule has 2 rings (SSSR count). The van der Waals surface area contributed by atoms with Gasteiger partial charge in [-0.1, -0.05) is 24.3 Å². The van der Waals surface area contributed by atoms with Gasteiger partial charge in [-0.2, -0.15) is 0 Å². The number of primary sulfonamides is 1. The van der Waals surface area contributed by atoms with E-state index in [9.17, 15) is 8.42 Å². The van der Waals surface area contributed by atoms with Crippen LogP contribution >= 0.6 is 12.4 Å². The molecule has 0 radical (unpaired) electrons. The van der Waals surface area contributed by atoms with Crippen LogP contribution in [-0.2, 0) is 23.0 Å². The number of nitrogens with two attached hydrogens (primary N) is 1. The zero-order chi connectivity index (χ0) is 16.0. The molecular formula is C16H21ClN2O3S. The first-order valence-electron chi connectivity index (χ1n) is 6.94. The first kappa shape index (κ1) is 19.4. The molecule has 0 saturated carbocycles. The Labute approximate surface area is 143 Å². The van der Waals surface area contributed by atoms with Crippen molar-refractivity contribution in [2.75, 3.05) is 13.7 Å². The van der Waals surface area contributed by atoms with Crippen molar-refractivity contribution in [2.45, 2.75) is 17.9 Å². The predicted molar refractivity (Wildman–Crippen MR) is 93.5 cm³/mol. The lowest BCUT2D eigenvalue weighted by Gasteiger charge is -2.07. The minimum atomic E-state index is -3.61. The molecule has 0 aliphatic carbocycles. The Morgan fingerprint density at radius 3 is 2.09 bits per heavy atom. The van der Waals surface area contributed by atoms with Crippen molar-refractivity contribution in [1.29, 1.82) is 0 Å². The van der Waals surface area contributed by atoms with E-state index < -0.39 is 10.0 Å². The Morgan fingerprint density at radius 2 is 1.57 bits per heavy atom. The summed E-state index contributed by atoms with van der Waals surface area (Å²) in [6, 6.07) is 14.6. The zero-order valence-corrected chi connectivity index (χ0v) is 14.5. The maximum atomic E-state index is 11.2. The molecule has 0 unspecified atom stereocenters. The molecule has 0 fully saturated rings. The normalized spacial score (nSPS) is 10.9. The number of sulfonamides is 1. The second-order valence-electron chi connectivity index (χ2n) is 4.96. The topological polar surface area (TPSA) is 81.4 Å². The number of hydrogen-bond acceptors (Lipinski definition) is 4. The average Bonchev–Trinajstić information content (AvgIpc) is 2.52. The molecule has 0 saturated heterocycles. The lowest BCUT2D eigenvalue weighted by Crippen LogP contribution is -2.17. The van der Waals surface area contributed by atoms with E-state index in [0.717, 1.165) is 30.8 Å². The van der Waals surface area contributed by atoms with E-state index in [1.807, 2.05) is 24.3 Å². The Bertz CT molecular complexity index is 701. The third-order valence-corrected chi connectivity index (χ3v) is 4.26. The third-order valence-electron chi connectivity index (χ3n) is 3.33. The van der Waals surface area contributed by atoms with Crippen LogP contribution in [0.1, 0.15) is 11.1 Å². The molecule has 0 bridgehead atoms. The van der Waals surface area contributed by atoms with Crippen molar-refractivity contribution >= 4 is 22.4 Å². The van der Waals surface area contributed by atoms with Crippen LogP contribution in [0.2, 0.25) is 0 Å². The van der Waals surface area contributed by atoms with Crippen LogP contribution in [0.25, 0.3) is 0 Å². The fourth-order valence-electron chi connectivity index (χ4n) is 2.05. The summed E-state index contributed by atoms with van der Waals surface area (Å²) in [5, 5.41) is 8.41. The highest BCUT2D eigenvalue weighted by Gasteiger charge is 2.06. The Hall–Kier alpha value is -1.60. The monoisotopic (exact) mass is 356 g/mol. The number of rotatable bonds is 7. The molecule has 0 aliphatic rings. The van der Waals surface area contributed by atoms with Gasteiger partial charge in [0, 0.05) is 6.54 Å². The molecule has 0 aliphatic heterocycles. The van der Waals surface area contributed by atoms with E-state index >= 15 is 0 Å². The highest BCUT2D eigenvalue weighted by molar-refractivity contribution is 7.89. The molecule has 126 valence electrons. The maximum Gasteiger partial charge on any atom is 0.238 e. The minimum Gasteiger partial charge on any atom is -0.497 e. The lowest BCUT2D eigenvalue weighted by molar-refractivity contribution is 0.414. The third kappa shape index (κ3) is 6.19. The molecular weight excluding hydrogens is 336 g/mol. The van der Waals surface area contributed by atoms with E-state index in [0.29, 0.717) is 0 Å². The highest BCUT2D eigenvalue weighted by Crippen LogP contribution is 2.11. The van der Waals surface area contributed by atoms with Crippen LogP contribution < -0.4 is 15.2 Å². The van der Waals surface area contributed by atoms with Crippen molar-refractivity contribution in [3.63, 3.8) is 0 Å². The Balaban J connectivity index is 0.00000264. The van der Waals surface area contributed by atoms with Crippen LogP contribution in [-0.4, -0.2) is 22.1 Å². The van der Waals surface area contributed by atoms with Crippen LogP contribution in [0.15, 0.2) is 53.4 Å². The summed E-state index contributed by atoms with van der Waals surface area (Å²) in [5.41, 5.74) is 2.25. The Kier molecular flexibility index (Phi) is 7.51. The summed E-state index contributed by atoms with van der Waals surface area (Å²) in [5.74, 6) is 0.846. The summed E-state index contributed by atoms with van der Waals surface area (Å²) in [6.45, 7) is 1.58. The van der Waals surface area contributed by atoms with E-state index in [-0.39, 0.29) is 17.3 Å². The fraction of sp³-hybridized carbons (Fsp3) is 0.250. The highest BCUT2D eigenvalue weighted by atomic mass is 35.5. The summed E-state index contributed by atoms with van der Waals surface area (Å²) in [4.78, 5) is 0.141. The molecule has 0 heterocycles. The van der Waals surface area contributed by atoms with Gasteiger partial charge in [0.05, 0.1) is 12.0 Å². The quantitative estimate of drug-likeness (QED) is 0.744. The maximum absolute atomic E-state index is 11.2. The largest absolute Gasteiger partial charge is 0.497 e. The second kappa shape index (κ2) is 8.88. The number of methoxy groups -OCH3 is 1. The van der Waals surface area contributed by atoms with Crippen molar-refractivity contribution in [1.82, 2.24) is 5.32 Å². The number of halogens is 1. The number of benzene rings is 2.